The zero-order chi connectivity index (χ0) is 13.1. The lowest BCUT2D eigenvalue weighted by molar-refractivity contribution is -0.137. The lowest BCUT2D eigenvalue weighted by Crippen LogP contribution is -2.09. The number of carbonyl (C=O) groups is 1. The van der Waals surface area contributed by atoms with Gasteiger partial charge in [0.2, 0.25) is 0 Å². The highest BCUT2D eigenvalue weighted by Crippen LogP contribution is 2.33. The standard InChI is InChI=1S/C11H6F3NO2/c12-11(13,14)9-6-8(10(16)17)4-3-7(9)2-1-5-15/h1-4,6H,(H,16,17). The first-order chi connectivity index (χ1) is 7.86. The minimum Gasteiger partial charge on any atom is -0.478 e. The topological polar surface area (TPSA) is 61.1 Å². The first-order valence-corrected chi connectivity index (χ1v) is 4.37. The summed E-state index contributed by atoms with van der Waals surface area (Å²) < 4.78 is 37.8. The maximum absolute atomic E-state index is 12.6. The van der Waals surface area contributed by atoms with E-state index >= 15 is 0 Å². The number of hydrogen-bond donors (Lipinski definition) is 1. The molecule has 0 unspecified atom stereocenters. The average molecular weight is 241 g/mol. The minimum absolute atomic E-state index is 0.246. The molecule has 0 saturated carbocycles. The SMILES string of the molecule is N#CC=Cc1ccc(C(=O)O)cc1C(F)(F)F. The molecule has 0 saturated heterocycles. The third-order valence-electron chi connectivity index (χ3n) is 1.94. The Bertz CT molecular complexity index is 512. The molecule has 1 rings (SSSR count). The van der Waals surface area contributed by atoms with Crippen molar-refractivity contribution in [3.8, 4) is 6.07 Å². The van der Waals surface area contributed by atoms with Gasteiger partial charge in [0.25, 0.3) is 0 Å². The second-order valence-corrected chi connectivity index (χ2v) is 3.07. The third kappa shape index (κ3) is 3.08. The van der Waals surface area contributed by atoms with Gasteiger partial charge in [-0.25, -0.2) is 4.79 Å². The molecular weight excluding hydrogens is 235 g/mol. The number of nitrogens with zero attached hydrogens (tertiary/aromatic N) is 1. The Kier molecular flexibility index (Phi) is 3.53. The largest absolute Gasteiger partial charge is 0.478 e. The molecule has 0 heterocycles. The van der Waals surface area contributed by atoms with Crippen molar-refractivity contribution in [2.24, 2.45) is 0 Å². The van der Waals surface area contributed by atoms with Gasteiger partial charge in [0.15, 0.2) is 0 Å². The van der Waals surface area contributed by atoms with E-state index in [0.29, 0.717) is 6.07 Å². The van der Waals surface area contributed by atoms with Crippen LogP contribution in [-0.4, -0.2) is 11.1 Å². The number of benzene rings is 1. The Morgan fingerprint density at radius 1 is 1.41 bits per heavy atom. The Hall–Kier alpha value is -2.29. The fourth-order valence-corrected chi connectivity index (χ4v) is 1.21. The fourth-order valence-electron chi connectivity index (χ4n) is 1.21. The van der Waals surface area contributed by atoms with E-state index in [1.165, 1.54) is 0 Å². The van der Waals surface area contributed by atoms with Crippen LogP contribution < -0.4 is 0 Å². The second-order valence-electron chi connectivity index (χ2n) is 3.07. The molecular formula is C11H6F3NO2. The van der Waals surface area contributed by atoms with Gasteiger partial charge in [-0.3, -0.25) is 0 Å². The van der Waals surface area contributed by atoms with Crippen LogP contribution in [0.1, 0.15) is 21.5 Å². The molecule has 3 nitrogen and oxygen atoms in total. The Morgan fingerprint density at radius 3 is 2.53 bits per heavy atom. The van der Waals surface area contributed by atoms with Crippen molar-refractivity contribution in [2.45, 2.75) is 6.18 Å². The molecule has 0 aliphatic rings. The summed E-state index contributed by atoms with van der Waals surface area (Å²) in [5, 5.41) is 16.9. The number of alkyl halides is 3. The summed E-state index contributed by atoms with van der Waals surface area (Å²) in [5.41, 5.74) is -1.78. The van der Waals surface area contributed by atoms with Crippen LogP contribution in [0.3, 0.4) is 0 Å². The Morgan fingerprint density at radius 2 is 2.06 bits per heavy atom. The van der Waals surface area contributed by atoms with Crippen molar-refractivity contribution in [1.29, 1.82) is 5.26 Å². The monoisotopic (exact) mass is 241 g/mol. The predicted octanol–water partition coefficient (Wildman–Crippen LogP) is 2.94. The van der Waals surface area contributed by atoms with Crippen LogP contribution in [0.4, 0.5) is 13.2 Å². The normalized spacial score (nSPS) is 11.4. The third-order valence-corrected chi connectivity index (χ3v) is 1.94. The summed E-state index contributed by atoms with van der Waals surface area (Å²) in [6.45, 7) is 0. The van der Waals surface area contributed by atoms with Gasteiger partial charge in [-0.15, -0.1) is 0 Å². The maximum atomic E-state index is 12.6. The van der Waals surface area contributed by atoms with Gasteiger partial charge in [-0.1, -0.05) is 6.07 Å². The quantitative estimate of drug-likeness (QED) is 0.809. The van der Waals surface area contributed by atoms with E-state index in [0.717, 1.165) is 24.3 Å². The van der Waals surface area contributed by atoms with E-state index in [9.17, 15) is 18.0 Å². The molecule has 0 aliphatic carbocycles. The lowest BCUT2D eigenvalue weighted by Gasteiger charge is -2.10. The zero-order valence-electron chi connectivity index (χ0n) is 8.32. The van der Waals surface area contributed by atoms with Gasteiger partial charge in [0.1, 0.15) is 0 Å². The fraction of sp³-hybridized carbons (Fsp3) is 0.0909. The number of nitriles is 1. The number of rotatable bonds is 2. The van der Waals surface area contributed by atoms with Crippen LogP contribution in [0.25, 0.3) is 6.08 Å². The first-order valence-electron chi connectivity index (χ1n) is 4.37. The van der Waals surface area contributed by atoms with Crippen molar-refractivity contribution in [1.82, 2.24) is 0 Å². The highest BCUT2D eigenvalue weighted by molar-refractivity contribution is 5.88. The van der Waals surface area contributed by atoms with E-state index in [1.807, 2.05) is 0 Å². The van der Waals surface area contributed by atoms with E-state index in [2.05, 4.69) is 0 Å². The molecule has 0 aromatic heterocycles. The molecule has 0 spiro atoms. The van der Waals surface area contributed by atoms with Gasteiger partial charge in [0, 0.05) is 6.08 Å². The summed E-state index contributed by atoms with van der Waals surface area (Å²) in [5.74, 6) is -1.44. The first kappa shape index (κ1) is 12.8. The van der Waals surface area contributed by atoms with Gasteiger partial charge in [-0.2, -0.15) is 18.4 Å². The van der Waals surface area contributed by atoms with Crippen molar-refractivity contribution in [3.63, 3.8) is 0 Å². The molecule has 0 aliphatic heterocycles. The summed E-state index contributed by atoms with van der Waals surface area (Å²) in [6.07, 6.45) is -2.79. The van der Waals surface area contributed by atoms with E-state index in [1.54, 1.807) is 6.07 Å². The molecule has 0 fully saturated rings. The zero-order valence-corrected chi connectivity index (χ0v) is 8.32. The number of allylic oxidation sites excluding steroid dienone is 1. The summed E-state index contributed by atoms with van der Waals surface area (Å²) in [6, 6.07) is 4.17. The average Bonchev–Trinajstić information content (AvgIpc) is 2.24. The summed E-state index contributed by atoms with van der Waals surface area (Å²) in [4.78, 5) is 10.6. The van der Waals surface area contributed by atoms with Gasteiger partial charge < -0.3 is 5.11 Å². The maximum Gasteiger partial charge on any atom is 0.417 e. The smallest absolute Gasteiger partial charge is 0.417 e. The Balaban J connectivity index is 3.38. The van der Waals surface area contributed by atoms with E-state index in [-0.39, 0.29) is 5.56 Å². The van der Waals surface area contributed by atoms with Crippen LogP contribution >= 0.6 is 0 Å². The number of carboxylic acids is 1. The number of halogens is 3. The summed E-state index contributed by atoms with van der Waals surface area (Å²) in [7, 11) is 0. The van der Waals surface area contributed by atoms with E-state index < -0.39 is 23.3 Å². The predicted molar refractivity (Wildman–Crippen MR) is 53.1 cm³/mol. The highest BCUT2D eigenvalue weighted by atomic mass is 19.4. The minimum atomic E-state index is -4.67. The molecule has 88 valence electrons. The van der Waals surface area contributed by atoms with Crippen LogP contribution in [0, 0.1) is 11.3 Å². The lowest BCUT2D eigenvalue weighted by atomic mass is 10.0. The summed E-state index contributed by atoms with van der Waals surface area (Å²) >= 11 is 0. The molecule has 0 radical (unpaired) electrons. The second kappa shape index (κ2) is 4.70. The molecule has 1 aromatic carbocycles. The van der Waals surface area contributed by atoms with Gasteiger partial charge in [0.05, 0.1) is 17.2 Å². The van der Waals surface area contributed by atoms with Crippen molar-refractivity contribution in [2.75, 3.05) is 0 Å². The van der Waals surface area contributed by atoms with Crippen molar-refractivity contribution < 1.29 is 23.1 Å². The van der Waals surface area contributed by atoms with Gasteiger partial charge >= 0.3 is 12.1 Å². The number of aromatic carboxylic acids is 1. The van der Waals surface area contributed by atoms with Crippen molar-refractivity contribution in [3.05, 3.63) is 41.0 Å². The molecule has 6 heteroatoms. The van der Waals surface area contributed by atoms with Crippen LogP contribution in [0.5, 0.6) is 0 Å². The van der Waals surface area contributed by atoms with Crippen LogP contribution in [-0.2, 0) is 6.18 Å². The number of hydrogen-bond acceptors (Lipinski definition) is 2. The molecule has 1 aromatic rings. The molecule has 1 N–H and O–H groups in total. The molecule has 0 bridgehead atoms. The van der Waals surface area contributed by atoms with Crippen molar-refractivity contribution >= 4 is 12.0 Å². The van der Waals surface area contributed by atoms with Crippen LogP contribution in [0.2, 0.25) is 0 Å². The van der Waals surface area contributed by atoms with Gasteiger partial charge in [-0.05, 0) is 23.8 Å². The highest BCUT2D eigenvalue weighted by Gasteiger charge is 2.33. The Labute approximate surface area is 94.4 Å². The van der Waals surface area contributed by atoms with E-state index in [4.69, 9.17) is 10.4 Å². The molecule has 0 amide bonds. The van der Waals surface area contributed by atoms with Crippen LogP contribution in [0.15, 0.2) is 24.3 Å². The molecule has 0 atom stereocenters. The molecule has 17 heavy (non-hydrogen) atoms. The number of carboxylic acid groups (broad SMARTS) is 1.